The number of amides is 3. The van der Waals surface area contributed by atoms with Gasteiger partial charge in [0.15, 0.2) is 6.29 Å². The molecule has 0 aliphatic carbocycles. The number of urea groups is 1. The van der Waals surface area contributed by atoms with E-state index in [2.05, 4.69) is 40.2 Å². The van der Waals surface area contributed by atoms with E-state index in [4.69, 9.17) is 9.47 Å². The van der Waals surface area contributed by atoms with Crippen molar-refractivity contribution in [2.75, 3.05) is 17.6 Å². The maximum absolute atomic E-state index is 11.9. The molecule has 0 radical (unpaired) electrons. The number of carbonyl (C=O) groups excluding carboxylic acids is 2. The number of benzene rings is 4. The lowest BCUT2D eigenvalue weighted by Crippen LogP contribution is -2.34. The van der Waals surface area contributed by atoms with E-state index in [9.17, 15) is 14.7 Å². The Morgan fingerprint density at radius 2 is 1.58 bits per heavy atom. The number of hydrogen-bond donors (Lipinski definition) is 4. The molecule has 0 spiro atoms. The molecular weight excluding hydrogens is 586 g/mol. The van der Waals surface area contributed by atoms with Crippen LogP contribution < -0.4 is 16.0 Å². The van der Waals surface area contributed by atoms with Gasteiger partial charge in [0, 0.05) is 48.3 Å². The largest absolute Gasteiger partial charge is 0.392 e. The number of thioether (sulfide) groups is 1. The SMILES string of the molecule is CCNC(=O)NCc1cccc(-c2cccc([C@@H]3O[C@H](CSc4ccc(NC(C)=O)cc4)C[C@H](c4ccc(CO)cc4)O3)c2)c1. The maximum atomic E-state index is 11.9. The van der Waals surface area contributed by atoms with Crippen molar-refractivity contribution >= 4 is 29.4 Å². The van der Waals surface area contributed by atoms with Gasteiger partial charge in [-0.3, -0.25) is 4.79 Å². The molecule has 0 aromatic heterocycles. The molecule has 5 rings (SSSR count). The van der Waals surface area contributed by atoms with E-state index in [-0.39, 0.29) is 30.8 Å². The molecule has 1 aliphatic heterocycles. The van der Waals surface area contributed by atoms with Crippen LogP contribution in [0.4, 0.5) is 10.5 Å². The zero-order valence-electron chi connectivity index (χ0n) is 25.5. The van der Waals surface area contributed by atoms with Crippen molar-refractivity contribution in [3.8, 4) is 11.1 Å². The van der Waals surface area contributed by atoms with Crippen molar-refractivity contribution in [3.63, 3.8) is 0 Å². The van der Waals surface area contributed by atoms with E-state index in [1.54, 1.807) is 11.8 Å². The minimum atomic E-state index is -0.573. The Bertz CT molecular complexity index is 1580. The summed E-state index contributed by atoms with van der Waals surface area (Å²) in [6.45, 7) is 4.38. The molecule has 45 heavy (non-hydrogen) atoms. The Hall–Kier alpha value is -4.15. The highest BCUT2D eigenvalue weighted by molar-refractivity contribution is 7.99. The van der Waals surface area contributed by atoms with E-state index < -0.39 is 6.29 Å². The molecule has 1 heterocycles. The summed E-state index contributed by atoms with van der Waals surface area (Å²) in [6.07, 6.45) is -0.154. The molecule has 4 aromatic carbocycles. The number of carbonyl (C=O) groups is 2. The van der Waals surface area contributed by atoms with Crippen molar-refractivity contribution in [3.05, 3.63) is 119 Å². The molecule has 9 heteroatoms. The molecule has 4 N–H and O–H groups in total. The van der Waals surface area contributed by atoms with Gasteiger partial charge in [0.1, 0.15) is 0 Å². The fraction of sp³-hybridized carbons (Fsp3) is 0.278. The molecule has 3 atom stereocenters. The first-order valence-electron chi connectivity index (χ1n) is 15.1. The monoisotopic (exact) mass is 625 g/mol. The van der Waals surface area contributed by atoms with Crippen LogP contribution in [0.15, 0.2) is 102 Å². The average Bonchev–Trinajstić information content (AvgIpc) is 3.07. The molecule has 4 aromatic rings. The van der Waals surface area contributed by atoms with Crippen molar-refractivity contribution in [1.82, 2.24) is 10.6 Å². The molecule has 1 aliphatic rings. The number of ether oxygens (including phenoxy) is 2. The smallest absolute Gasteiger partial charge is 0.315 e. The topological polar surface area (TPSA) is 109 Å². The van der Waals surface area contributed by atoms with Gasteiger partial charge < -0.3 is 30.5 Å². The highest BCUT2D eigenvalue weighted by atomic mass is 32.2. The number of nitrogens with one attached hydrogen (secondary N) is 3. The maximum Gasteiger partial charge on any atom is 0.315 e. The number of anilines is 1. The van der Waals surface area contributed by atoms with Crippen molar-refractivity contribution in [1.29, 1.82) is 0 Å². The van der Waals surface area contributed by atoms with Gasteiger partial charge in [-0.25, -0.2) is 4.79 Å². The van der Waals surface area contributed by atoms with E-state index >= 15 is 0 Å². The van der Waals surface area contributed by atoms with Gasteiger partial charge in [0.05, 0.1) is 18.8 Å². The molecular formula is C36H39N3O5S. The molecule has 1 saturated heterocycles. The Kier molecular flexibility index (Phi) is 11.3. The fourth-order valence-corrected chi connectivity index (χ4v) is 6.10. The summed E-state index contributed by atoms with van der Waals surface area (Å²) in [5, 5.41) is 18.0. The summed E-state index contributed by atoms with van der Waals surface area (Å²) < 4.78 is 13.2. The second kappa shape index (κ2) is 15.7. The number of hydrogen-bond acceptors (Lipinski definition) is 6. The molecule has 8 nitrogen and oxygen atoms in total. The minimum absolute atomic E-state index is 0.00643. The first-order chi connectivity index (χ1) is 21.9. The van der Waals surface area contributed by atoms with Crippen molar-refractivity contribution in [2.45, 2.75) is 56.8 Å². The Morgan fingerprint density at radius 1 is 0.844 bits per heavy atom. The van der Waals surface area contributed by atoms with Crippen LogP contribution in [-0.4, -0.2) is 35.4 Å². The second-order valence-corrected chi connectivity index (χ2v) is 12.0. The first-order valence-corrected chi connectivity index (χ1v) is 16.1. The number of aliphatic hydroxyl groups excluding tert-OH is 1. The first kappa shape index (κ1) is 32.2. The van der Waals surface area contributed by atoms with Crippen LogP contribution >= 0.6 is 11.8 Å². The van der Waals surface area contributed by atoms with Crippen molar-refractivity contribution in [2.24, 2.45) is 0 Å². The van der Waals surface area contributed by atoms with Crippen molar-refractivity contribution < 1.29 is 24.2 Å². The third-order valence-electron chi connectivity index (χ3n) is 7.44. The molecule has 0 bridgehead atoms. The molecule has 0 unspecified atom stereocenters. The van der Waals surface area contributed by atoms with Crippen LogP contribution in [0.3, 0.4) is 0 Å². The van der Waals surface area contributed by atoms with Gasteiger partial charge in [0.25, 0.3) is 0 Å². The van der Waals surface area contributed by atoms with Crippen LogP contribution in [-0.2, 0) is 27.4 Å². The highest BCUT2D eigenvalue weighted by Crippen LogP contribution is 2.40. The quantitative estimate of drug-likeness (QED) is 0.134. The highest BCUT2D eigenvalue weighted by Gasteiger charge is 2.32. The summed E-state index contributed by atoms with van der Waals surface area (Å²) in [6, 6.07) is 31.8. The summed E-state index contributed by atoms with van der Waals surface area (Å²) >= 11 is 1.71. The van der Waals surface area contributed by atoms with Gasteiger partial charge in [0.2, 0.25) is 5.91 Å². The average molecular weight is 626 g/mol. The zero-order chi connectivity index (χ0) is 31.6. The van der Waals surface area contributed by atoms with Gasteiger partial charge in [-0.1, -0.05) is 60.7 Å². The van der Waals surface area contributed by atoms with Crippen LogP contribution in [0, 0.1) is 0 Å². The lowest BCUT2D eigenvalue weighted by Gasteiger charge is -2.36. The van der Waals surface area contributed by atoms with Gasteiger partial charge >= 0.3 is 6.03 Å². The van der Waals surface area contributed by atoms with Gasteiger partial charge in [-0.15, -0.1) is 11.8 Å². The number of aliphatic hydroxyl groups is 1. The molecule has 1 fully saturated rings. The normalized spacial score (nSPS) is 17.8. The lowest BCUT2D eigenvalue weighted by atomic mass is 9.99. The third-order valence-corrected chi connectivity index (χ3v) is 8.58. The predicted molar refractivity (Wildman–Crippen MR) is 178 cm³/mol. The van der Waals surface area contributed by atoms with Gasteiger partial charge in [-0.2, -0.15) is 0 Å². The lowest BCUT2D eigenvalue weighted by molar-refractivity contribution is -0.245. The molecule has 3 amide bonds. The Balaban J connectivity index is 1.33. The van der Waals surface area contributed by atoms with Crippen LogP contribution in [0.25, 0.3) is 11.1 Å². The summed E-state index contributed by atoms with van der Waals surface area (Å²) in [5.74, 6) is 0.630. The second-order valence-electron chi connectivity index (χ2n) is 10.9. The van der Waals surface area contributed by atoms with Crippen LogP contribution in [0.2, 0.25) is 0 Å². The van der Waals surface area contributed by atoms with Crippen LogP contribution in [0.5, 0.6) is 0 Å². The summed E-state index contributed by atoms with van der Waals surface area (Å²) in [5.41, 5.74) is 6.65. The van der Waals surface area contributed by atoms with E-state index in [0.29, 0.717) is 19.5 Å². The van der Waals surface area contributed by atoms with E-state index in [1.165, 1.54) is 6.92 Å². The minimum Gasteiger partial charge on any atom is -0.392 e. The predicted octanol–water partition coefficient (Wildman–Crippen LogP) is 6.96. The van der Waals surface area contributed by atoms with Gasteiger partial charge in [-0.05, 0) is 71.1 Å². The molecule has 234 valence electrons. The van der Waals surface area contributed by atoms with Crippen LogP contribution in [0.1, 0.15) is 54.9 Å². The summed E-state index contributed by atoms with van der Waals surface area (Å²) in [4.78, 5) is 24.3. The van der Waals surface area contributed by atoms with E-state index in [0.717, 1.165) is 49.7 Å². The third kappa shape index (κ3) is 9.18. The van der Waals surface area contributed by atoms with E-state index in [1.807, 2.05) is 79.7 Å². The Labute approximate surface area is 268 Å². The standard InChI is InChI=1S/C36H39N3O5S/c1-3-37-36(42)38-21-26-6-4-7-28(18-26)29-8-5-9-30(19-29)35-43-32(20-34(44-35)27-12-10-25(22-40)11-13-27)23-45-33-16-14-31(15-17-33)39-24(2)41/h4-19,32,34-35,40H,3,20-23H2,1-2H3,(H,39,41)(H2,37,38,42)/t32-,34+,35+/m0/s1. The summed E-state index contributed by atoms with van der Waals surface area (Å²) in [7, 11) is 0. The zero-order valence-corrected chi connectivity index (χ0v) is 26.3. The Morgan fingerprint density at radius 3 is 2.29 bits per heavy atom. The fourth-order valence-electron chi connectivity index (χ4n) is 5.18. The molecule has 0 saturated carbocycles. The number of rotatable bonds is 11.